The van der Waals surface area contributed by atoms with Crippen molar-refractivity contribution in [3.05, 3.63) is 0 Å². The van der Waals surface area contributed by atoms with Crippen LogP contribution in [0.5, 0.6) is 0 Å². The van der Waals surface area contributed by atoms with Gasteiger partial charge < -0.3 is 10.5 Å². The lowest BCUT2D eigenvalue weighted by atomic mass is 9.95. The molecule has 0 aliphatic carbocycles. The van der Waals surface area contributed by atoms with Crippen LogP contribution >= 0.6 is 23.5 Å². The summed E-state index contributed by atoms with van der Waals surface area (Å²) in [4.78, 5) is 11.7. The molecule has 0 spiro atoms. The molecule has 0 saturated heterocycles. The van der Waals surface area contributed by atoms with Gasteiger partial charge in [-0.2, -0.15) is 11.8 Å². The quantitative estimate of drug-likeness (QED) is 0.345. The van der Waals surface area contributed by atoms with E-state index in [1.165, 1.54) is 11.8 Å². The summed E-state index contributed by atoms with van der Waals surface area (Å²) in [5.74, 6) is -0.561. The molecule has 0 aromatic heterocycles. The van der Waals surface area contributed by atoms with E-state index in [1.54, 1.807) is 25.1 Å². The predicted molar refractivity (Wildman–Crippen MR) is 67.9 cm³/mol. The average Bonchev–Trinajstić information content (AvgIpc) is 2.24. The molecular weight excluding hydrogens is 232 g/mol. The Labute approximate surface area is 99.3 Å². The Morgan fingerprint density at radius 3 is 2.27 bits per heavy atom. The number of rotatable bonds is 4. The minimum Gasteiger partial charge on any atom is -0.410 e. The monoisotopic (exact) mass is 250 g/mol. The van der Waals surface area contributed by atoms with Crippen molar-refractivity contribution in [2.45, 2.75) is 18.6 Å². The first kappa shape index (κ1) is 14.6. The first-order valence-electron chi connectivity index (χ1n) is 4.47. The molecule has 0 aromatic carbocycles. The molecule has 1 amide bonds. The van der Waals surface area contributed by atoms with Crippen molar-refractivity contribution in [2.24, 2.45) is 11.1 Å². The average molecular weight is 250 g/mol. The molecule has 2 N–H and O–H groups in total. The summed E-state index contributed by atoms with van der Waals surface area (Å²) in [6.07, 6.45) is 3.73. The zero-order valence-corrected chi connectivity index (χ0v) is 11.3. The number of carbonyl (C=O) groups excluding carboxylic acids is 1. The van der Waals surface area contributed by atoms with Crippen LogP contribution in [0.2, 0.25) is 0 Å². The normalized spacial score (nSPS) is 14.9. The Morgan fingerprint density at radius 2 is 2.00 bits per heavy atom. The number of hydrogen-bond acceptors (Lipinski definition) is 5. The topological polar surface area (TPSA) is 61.7 Å². The third-order valence-electron chi connectivity index (χ3n) is 2.28. The molecule has 4 nitrogen and oxygen atoms in total. The van der Waals surface area contributed by atoms with Crippen molar-refractivity contribution in [3.63, 3.8) is 0 Å². The highest BCUT2D eigenvalue weighted by Gasteiger charge is 2.38. The van der Waals surface area contributed by atoms with Crippen molar-refractivity contribution in [2.75, 3.05) is 19.6 Å². The van der Waals surface area contributed by atoms with Gasteiger partial charge in [0.1, 0.15) is 11.0 Å². The van der Waals surface area contributed by atoms with Crippen LogP contribution in [-0.2, 0) is 4.79 Å². The van der Waals surface area contributed by atoms with Crippen LogP contribution < -0.4 is 5.32 Å². The zero-order valence-electron chi connectivity index (χ0n) is 9.70. The molecule has 88 valence electrons. The van der Waals surface area contributed by atoms with Crippen LogP contribution in [0.1, 0.15) is 13.8 Å². The molecule has 0 aliphatic rings. The summed E-state index contributed by atoms with van der Waals surface area (Å²) in [5, 5.41) is 15.1. The van der Waals surface area contributed by atoms with Crippen molar-refractivity contribution in [1.82, 2.24) is 5.32 Å². The lowest BCUT2D eigenvalue weighted by molar-refractivity contribution is -0.123. The third kappa shape index (κ3) is 3.61. The SMILES string of the molecule is CNC(=O)C(C(=NO)SC)C(C)(C)SC. The van der Waals surface area contributed by atoms with E-state index in [2.05, 4.69) is 10.5 Å². The molecule has 0 saturated carbocycles. The molecule has 0 radical (unpaired) electrons. The van der Waals surface area contributed by atoms with Gasteiger partial charge in [0, 0.05) is 11.8 Å². The van der Waals surface area contributed by atoms with Crippen LogP contribution in [0.4, 0.5) is 0 Å². The number of thioether (sulfide) groups is 2. The highest BCUT2D eigenvalue weighted by molar-refractivity contribution is 8.13. The number of nitrogens with zero attached hydrogens (tertiary/aromatic N) is 1. The van der Waals surface area contributed by atoms with Crippen molar-refractivity contribution in [1.29, 1.82) is 0 Å². The number of nitrogens with one attached hydrogen (secondary N) is 1. The fraction of sp³-hybridized carbons (Fsp3) is 0.778. The van der Waals surface area contributed by atoms with E-state index in [0.717, 1.165) is 0 Å². The highest BCUT2D eigenvalue weighted by Crippen LogP contribution is 2.34. The van der Waals surface area contributed by atoms with E-state index in [4.69, 9.17) is 5.21 Å². The minimum absolute atomic E-state index is 0.128. The molecular formula is C9H18N2O2S2. The third-order valence-corrected chi connectivity index (χ3v) is 4.31. The smallest absolute Gasteiger partial charge is 0.230 e. The first-order valence-corrected chi connectivity index (χ1v) is 6.92. The molecule has 0 fully saturated rings. The Morgan fingerprint density at radius 1 is 1.47 bits per heavy atom. The molecule has 6 heteroatoms. The maximum absolute atomic E-state index is 11.7. The number of carbonyl (C=O) groups is 1. The van der Waals surface area contributed by atoms with E-state index in [0.29, 0.717) is 5.04 Å². The van der Waals surface area contributed by atoms with Crippen LogP contribution in [0.25, 0.3) is 0 Å². The standard InChI is InChI=1S/C9H18N2O2S2/c1-9(2,15-5)6(7(12)10-3)8(11-13)14-4/h6,13H,1-5H3,(H,10,12). The first-order chi connectivity index (χ1) is 6.94. The van der Waals surface area contributed by atoms with Gasteiger partial charge in [-0.25, -0.2) is 0 Å². The molecule has 1 atom stereocenters. The van der Waals surface area contributed by atoms with Gasteiger partial charge in [-0.15, -0.1) is 11.8 Å². The maximum Gasteiger partial charge on any atom is 0.230 e. The van der Waals surface area contributed by atoms with Crippen molar-refractivity contribution < 1.29 is 10.0 Å². The summed E-state index contributed by atoms with van der Waals surface area (Å²) < 4.78 is -0.301. The lowest BCUT2D eigenvalue weighted by Gasteiger charge is -2.30. The molecule has 15 heavy (non-hydrogen) atoms. The van der Waals surface area contributed by atoms with E-state index < -0.39 is 5.92 Å². The van der Waals surface area contributed by atoms with Crippen LogP contribution in [0.15, 0.2) is 5.16 Å². The Bertz CT molecular complexity index is 254. The summed E-state index contributed by atoms with van der Waals surface area (Å²) >= 11 is 2.86. The second-order valence-electron chi connectivity index (χ2n) is 3.50. The van der Waals surface area contributed by atoms with Gasteiger partial charge in [0.15, 0.2) is 0 Å². The van der Waals surface area contributed by atoms with Crippen LogP contribution in [0, 0.1) is 5.92 Å². The summed E-state index contributed by atoms with van der Waals surface area (Å²) in [7, 11) is 1.58. The second kappa shape index (κ2) is 6.27. The van der Waals surface area contributed by atoms with Gasteiger partial charge in [-0.05, 0) is 26.4 Å². The molecule has 0 bridgehead atoms. The van der Waals surface area contributed by atoms with Gasteiger partial charge >= 0.3 is 0 Å². The minimum atomic E-state index is -0.433. The highest BCUT2D eigenvalue weighted by atomic mass is 32.2. The van der Waals surface area contributed by atoms with Crippen LogP contribution in [0.3, 0.4) is 0 Å². The van der Waals surface area contributed by atoms with E-state index >= 15 is 0 Å². The summed E-state index contributed by atoms with van der Waals surface area (Å²) in [6.45, 7) is 3.91. The van der Waals surface area contributed by atoms with Crippen LogP contribution in [-0.4, -0.2) is 40.5 Å². The molecule has 0 heterocycles. The van der Waals surface area contributed by atoms with Crippen molar-refractivity contribution >= 4 is 34.5 Å². The van der Waals surface area contributed by atoms with Crippen molar-refractivity contribution in [3.8, 4) is 0 Å². The molecule has 0 aliphatic heterocycles. The molecule has 0 aromatic rings. The number of oxime groups is 1. The fourth-order valence-corrected chi connectivity index (χ4v) is 2.45. The van der Waals surface area contributed by atoms with E-state index in [1.807, 2.05) is 20.1 Å². The Kier molecular flexibility index (Phi) is 6.12. The Balaban J connectivity index is 5.14. The fourth-order valence-electron chi connectivity index (χ4n) is 1.20. The van der Waals surface area contributed by atoms with Gasteiger partial charge in [0.25, 0.3) is 0 Å². The second-order valence-corrected chi connectivity index (χ2v) is 5.78. The van der Waals surface area contributed by atoms with E-state index in [-0.39, 0.29) is 10.7 Å². The lowest BCUT2D eigenvalue weighted by Crippen LogP contribution is -2.44. The van der Waals surface area contributed by atoms with Gasteiger partial charge in [0.05, 0.1) is 0 Å². The van der Waals surface area contributed by atoms with E-state index in [9.17, 15) is 4.79 Å². The molecule has 0 rings (SSSR count). The van der Waals surface area contributed by atoms with Gasteiger partial charge in [-0.1, -0.05) is 5.16 Å². The summed E-state index contributed by atoms with van der Waals surface area (Å²) in [6, 6.07) is 0. The molecule has 1 unspecified atom stereocenters. The summed E-state index contributed by atoms with van der Waals surface area (Å²) in [5.41, 5.74) is 0. The maximum atomic E-state index is 11.7. The Hall–Kier alpha value is -0.360. The van der Waals surface area contributed by atoms with Gasteiger partial charge in [-0.3, -0.25) is 4.79 Å². The predicted octanol–water partition coefficient (Wildman–Crippen LogP) is 1.64. The number of amides is 1. The number of hydrogen-bond donors (Lipinski definition) is 2. The zero-order chi connectivity index (χ0) is 12.1. The van der Waals surface area contributed by atoms with Gasteiger partial charge in [0.2, 0.25) is 5.91 Å². The largest absolute Gasteiger partial charge is 0.410 e.